The van der Waals surface area contributed by atoms with Crippen molar-refractivity contribution >= 4 is 17.4 Å². The van der Waals surface area contributed by atoms with Crippen molar-refractivity contribution in [3.63, 3.8) is 0 Å². The average Bonchev–Trinajstić information content (AvgIpc) is 3.20. The number of hydrogen-bond acceptors (Lipinski definition) is 6. The fraction of sp³-hybridized carbons (Fsp3) is 0.722. The third-order valence-corrected chi connectivity index (χ3v) is 5.66. The molecule has 0 radical (unpaired) electrons. The zero-order chi connectivity index (χ0) is 18.0. The second-order valence-corrected chi connectivity index (χ2v) is 7.40. The van der Waals surface area contributed by atoms with E-state index in [1.165, 1.54) is 6.92 Å². The van der Waals surface area contributed by atoms with Crippen molar-refractivity contribution in [3.8, 4) is 0 Å². The van der Waals surface area contributed by atoms with E-state index in [1.54, 1.807) is 4.90 Å². The van der Waals surface area contributed by atoms with Crippen LogP contribution in [-0.4, -0.2) is 66.4 Å². The van der Waals surface area contributed by atoms with E-state index in [0.29, 0.717) is 26.3 Å². The third kappa shape index (κ3) is 3.62. The molecule has 7 nitrogen and oxygen atoms in total. The van der Waals surface area contributed by atoms with Gasteiger partial charge in [0.1, 0.15) is 5.70 Å². The van der Waals surface area contributed by atoms with Gasteiger partial charge in [0, 0.05) is 29.8 Å². The molecule has 2 saturated heterocycles. The summed E-state index contributed by atoms with van der Waals surface area (Å²) in [6.45, 7) is 3.75. The van der Waals surface area contributed by atoms with E-state index in [1.807, 2.05) is 0 Å². The van der Waals surface area contributed by atoms with E-state index < -0.39 is 6.10 Å². The Labute approximate surface area is 147 Å². The Balaban J connectivity index is 1.68. The molecule has 3 N–H and O–H groups in total. The van der Waals surface area contributed by atoms with Crippen LogP contribution in [0.3, 0.4) is 0 Å². The van der Waals surface area contributed by atoms with Crippen LogP contribution in [-0.2, 0) is 14.3 Å². The zero-order valence-corrected chi connectivity index (χ0v) is 14.8. The summed E-state index contributed by atoms with van der Waals surface area (Å²) in [5.74, 6) is -0.155. The highest BCUT2D eigenvalue weighted by Gasteiger charge is 2.46. The molecule has 1 aliphatic carbocycles. The highest BCUT2D eigenvalue weighted by atomic mass is 16.5. The van der Waals surface area contributed by atoms with Crippen molar-refractivity contribution in [1.82, 2.24) is 4.90 Å². The van der Waals surface area contributed by atoms with Crippen molar-refractivity contribution in [2.75, 3.05) is 32.8 Å². The molecule has 2 heterocycles. The summed E-state index contributed by atoms with van der Waals surface area (Å²) in [7, 11) is 0. The van der Waals surface area contributed by atoms with Crippen molar-refractivity contribution in [2.45, 2.75) is 45.1 Å². The van der Waals surface area contributed by atoms with Gasteiger partial charge in [-0.2, -0.15) is 0 Å². The molecule has 3 fully saturated rings. The van der Waals surface area contributed by atoms with Crippen molar-refractivity contribution < 1.29 is 19.4 Å². The maximum absolute atomic E-state index is 12.8. The van der Waals surface area contributed by atoms with E-state index in [9.17, 15) is 14.7 Å². The molecular formula is C18H27N3O4. The minimum Gasteiger partial charge on any atom is -0.394 e. The summed E-state index contributed by atoms with van der Waals surface area (Å²) >= 11 is 0. The first-order valence-corrected chi connectivity index (χ1v) is 9.00. The standard InChI is InChI=1S/C18H27N3O4/c1-12(22)9-20-14-4-2-3-13(14)16(19)17(24)21-7-5-18(6-8-21)11-25-10-15(18)23/h15,23H,2-11,19H2,1H3/b16-13-,20-14?. The molecule has 1 atom stereocenters. The Morgan fingerprint density at radius 3 is 2.68 bits per heavy atom. The van der Waals surface area contributed by atoms with Crippen molar-refractivity contribution in [3.05, 3.63) is 11.3 Å². The maximum atomic E-state index is 12.8. The van der Waals surface area contributed by atoms with Gasteiger partial charge >= 0.3 is 0 Å². The van der Waals surface area contributed by atoms with Gasteiger partial charge < -0.3 is 20.5 Å². The number of Topliss-reactive ketones (excluding diaryl/α,β-unsaturated/α-hetero) is 1. The number of allylic oxidation sites excluding steroid dienone is 1. The van der Waals surface area contributed by atoms with Crippen LogP contribution in [0.15, 0.2) is 16.3 Å². The number of nitrogens with two attached hydrogens (primary N) is 1. The fourth-order valence-electron chi connectivity index (χ4n) is 3.98. The summed E-state index contributed by atoms with van der Waals surface area (Å²) in [5, 5.41) is 10.1. The molecule has 1 spiro atoms. The Morgan fingerprint density at radius 1 is 1.36 bits per heavy atom. The molecule has 0 aromatic rings. The lowest BCUT2D eigenvalue weighted by Crippen LogP contribution is -2.48. The van der Waals surface area contributed by atoms with Gasteiger partial charge in [-0.1, -0.05) is 0 Å². The van der Waals surface area contributed by atoms with E-state index in [2.05, 4.69) is 4.99 Å². The molecular weight excluding hydrogens is 322 g/mol. The number of aliphatic hydroxyl groups is 1. The number of amides is 1. The molecule has 0 aromatic heterocycles. The topological polar surface area (TPSA) is 105 Å². The van der Waals surface area contributed by atoms with Crippen LogP contribution >= 0.6 is 0 Å². The third-order valence-electron chi connectivity index (χ3n) is 5.66. The van der Waals surface area contributed by atoms with Gasteiger partial charge in [-0.15, -0.1) is 0 Å². The van der Waals surface area contributed by atoms with Crippen LogP contribution in [0.2, 0.25) is 0 Å². The van der Waals surface area contributed by atoms with Crippen LogP contribution in [0, 0.1) is 5.41 Å². The molecule has 1 saturated carbocycles. The molecule has 0 aromatic carbocycles. The number of aliphatic hydroxyl groups excluding tert-OH is 1. The molecule has 3 aliphatic rings. The van der Waals surface area contributed by atoms with Crippen LogP contribution in [0.5, 0.6) is 0 Å². The number of carbonyl (C=O) groups is 2. The molecule has 7 heteroatoms. The Bertz CT molecular complexity index is 618. The fourth-order valence-corrected chi connectivity index (χ4v) is 3.98. The lowest BCUT2D eigenvalue weighted by atomic mass is 9.76. The second kappa shape index (κ2) is 7.25. The summed E-state index contributed by atoms with van der Waals surface area (Å²) in [5.41, 5.74) is 7.83. The van der Waals surface area contributed by atoms with Gasteiger partial charge in [-0.3, -0.25) is 14.6 Å². The SMILES string of the molecule is CC(=O)CN=C1CCC/C1=C(/N)C(=O)N1CCC2(CC1)COCC2O. The largest absolute Gasteiger partial charge is 0.394 e. The molecule has 2 aliphatic heterocycles. The Morgan fingerprint density at radius 2 is 2.08 bits per heavy atom. The van der Waals surface area contributed by atoms with Gasteiger partial charge in [0.05, 0.1) is 25.9 Å². The number of ketones is 1. The highest BCUT2D eigenvalue weighted by Crippen LogP contribution is 2.39. The number of carbonyl (C=O) groups excluding carboxylic acids is 2. The normalized spacial score (nSPS) is 29.4. The summed E-state index contributed by atoms with van der Waals surface area (Å²) in [6.07, 6.45) is 3.43. The van der Waals surface area contributed by atoms with E-state index in [-0.39, 0.29) is 29.3 Å². The molecule has 138 valence electrons. The molecule has 25 heavy (non-hydrogen) atoms. The van der Waals surface area contributed by atoms with Gasteiger partial charge in [-0.05, 0) is 39.0 Å². The van der Waals surface area contributed by atoms with Gasteiger partial charge in [0.15, 0.2) is 5.78 Å². The number of piperidine rings is 1. The predicted octanol–water partition coefficient (Wildman–Crippen LogP) is 0.413. The van der Waals surface area contributed by atoms with E-state index >= 15 is 0 Å². The lowest BCUT2D eigenvalue weighted by molar-refractivity contribution is -0.130. The number of hydrogen-bond donors (Lipinski definition) is 2. The monoisotopic (exact) mass is 349 g/mol. The summed E-state index contributed by atoms with van der Waals surface area (Å²) in [6, 6.07) is 0. The quantitative estimate of drug-likeness (QED) is 0.718. The first-order valence-electron chi connectivity index (χ1n) is 9.00. The smallest absolute Gasteiger partial charge is 0.270 e. The second-order valence-electron chi connectivity index (χ2n) is 7.40. The molecule has 1 amide bonds. The van der Waals surface area contributed by atoms with Crippen LogP contribution < -0.4 is 5.73 Å². The number of rotatable bonds is 3. The number of aliphatic imine (C=N–C) groups is 1. The van der Waals surface area contributed by atoms with Crippen molar-refractivity contribution in [2.24, 2.45) is 16.1 Å². The van der Waals surface area contributed by atoms with E-state index in [4.69, 9.17) is 10.5 Å². The zero-order valence-electron chi connectivity index (χ0n) is 14.8. The molecule has 0 bridgehead atoms. The van der Waals surface area contributed by atoms with E-state index in [0.717, 1.165) is 43.4 Å². The minimum absolute atomic E-state index is 0.00215. The first kappa shape index (κ1) is 18.1. The molecule has 3 rings (SSSR count). The highest BCUT2D eigenvalue weighted by molar-refractivity contribution is 6.09. The van der Waals surface area contributed by atoms with Gasteiger partial charge in [0.25, 0.3) is 5.91 Å². The van der Waals surface area contributed by atoms with Gasteiger partial charge in [0.2, 0.25) is 0 Å². The number of likely N-dealkylation sites (tertiary alicyclic amines) is 1. The van der Waals surface area contributed by atoms with Crippen LogP contribution in [0.25, 0.3) is 0 Å². The van der Waals surface area contributed by atoms with Crippen LogP contribution in [0.4, 0.5) is 0 Å². The maximum Gasteiger partial charge on any atom is 0.270 e. The predicted molar refractivity (Wildman–Crippen MR) is 93.1 cm³/mol. The Hall–Kier alpha value is -1.73. The van der Waals surface area contributed by atoms with Gasteiger partial charge in [-0.25, -0.2) is 0 Å². The average molecular weight is 349 g/mol. The Kier molecular flexibility index (Phi) is 5.24. The van der Waals surface area contributed by atoms with Crippen LogP contribution in [0.1, 0.15) is 39.0 Å². The minimum atomic E-state index is -0.444. The molecule has 1 unspecified atom stereocenters. The summed E-state index contributed by atoms with van der Waals surface area (Å²) in [4.78, 5) is 30.0. The van der Waals surface area contributed by atoms with Crippen molar-refractivity contribution in [1.29, 1.82) is 0 Å². The lowest BCUT2D eigenvalue weighted by Gasteiger charge is -2.40. The summed E-state index contributed by atoms with van der Waals surface area (Å²) < 4.78 is 5.40. The number of nitrogens with zero attached hydrogens (tertiary/aromatic N) is 2. The first-order chi connectivity index (χ1) is 11.9. The number of ether oxygens (including phenoxy) is 1.